The van der Waals surface area contributed by atoms with Crippen molar-refractivity contribution in [1.29, 1.82) is 0 Å². The molecule has 2 atom stereocenters. The molecule has 0 saturated carbocycles. The zero-order chi connectivity index (χ0) is 27.5. The van der Waals surface area contributed by atoms with Gasteiger partial charge in [-0.3, -0.25) is 9.69 Å². The molecule has 2 aromatic carbocycles. The van der Waals surface area contributed by atoms with E-state index in [9.17, 15) is 9.59 Å². The maximum atomic E-state index is 13.8. The molecular weight excluding hydrogens is 476 g/mol. The highest BCUT2D eigenvalue weighted by Crippen LogP contribution is 2.49. The van der Waals surface area contributed by atoms with Gasteiger partial charge in [-0.1, -0.05) is 48.6 Å². The van der Waals surface area contributed by atoms with Crippen LogP contribution in [0.2, 0.25) is 0 Å². The number of rotatable bonds is 8. The zero-order valence-corrected chi connectivity index (χ0v) is 23.1. The molecule has 0 spiro atoms. The van der Waals surface area contributed by atoms with E-state index in [-0.39, 0.29) is 24.1 Å². The van der Waals surface area contributed by atoms with Gasteiger partial charge in [0.1, 0.15) is 18.0 Å². The second-order valence-electron chi connectivity index (χ2n) is 11.4. The van der Waals surface area contributed by atoms with Crippen molar-refractivity contribution in [2.24, 2.45) is 5.41 Å². The lowest BCUT2D eigenvalue weighted by Gasteiger charge is -2.45. The third kappa shape index (κ3) is 5.64. The molecule has 2 amide bonds. The quantitative estimate of drug-likeness (QED) is 0.371. The van der Waals surface area contributed by atoms with Gasteiger partial charge in [0.05, 0.1) is 17.5 Å². The summed E-state index contributed by atoms with van der Waals surface area (Å²) in [7, 11) is 0. The molecule has 0 aliphatic carbocycles. The minimum atomic E-state index is -0.621. The average Bonchev–Trinajstić information content (AvgIpc) is 3.14. The predicted molar refractivity (Wildman–Crippen MR) is 150 cm³/mol. The first-order valence-corrected chi connectivity index (χ1v) is 13.4. The number of benzene rings is 2. The Morgan fingerprint density at radius 2 is 1.76 bits per heavy atom. The van der Waals surface area contributed by atoms with E-state index >= 15 is 0 Å². The van der Waals surface area contributed by atoms with Gasteiger partial charge in [0.2, 0.25) is 5.91 Å². The van der Waals surface area contributed by atoms with Crippen molar-refractivity contribution in [3.8, 4) is 5.75 Å². The van der Waals surface area contributed by atoms with Crippen LogP contribution in [0.5, 0.6) is 5.75 Å². The van der Waals surface area contributed by atoms with Crippen LogP contribution in [0.15, 0.2) is 73.8 Å². The van der Waals surface area contributed by atoms with E-state index in [2.05, 4.69) is 13.2 Å². The van der Waals surface area contributed by atoms with Gasteiger partial charge >= 0.3 is 6.09 Å². The van der Waals surface area contributed by atoms with Crippen molar-refractivity contribution in [1.82, 2.24) is 9.80 Å². The fourth-order valence-electron chi connectivity index (χ4n) is 5.85. The van der Waals surface area contributed by atoms with Gasteiger partial charge in [0.15, 0.2) is 0 Å². The van der Waals surface area contributed by atoms with E-state index in [1.54, 1.807) is 0 Å². The number of allylic oxidation sites excluding steroid dienone is 2. The fraction of sp³-hybridized carbons (Fsp3) is 0.438. The SMILES string of the molecule is C=CCC1(CC=C)CC2C(c3ccc(OCc4ccccc4)cc3C)N(C(=O)OC(C)(C)C)CCN2C1=O. The number of amides is 2. The molecule has 202 valence electrons. The molecule has 2 aromatic rings. The van der Waals surface area contributed by atoms with E-state index in [4.69, 9.17) is 9.47 Å². The lowest BCUT2D eigenvalue weighted by atomic mass is 9.76. The van der Waals surface area contributed by atoms with E-state index < -0.39 is 11.0 Å². The standard InChI is InChI=1S/C32H40N2O4/c1-7-16-32(17-8-2)21-27-28(34(19-18-33(27)29(32)35)30(36)38-31(4,5)6)26-15-14-25(20-23(26)3)37-22-24-12-10-9-11-13-24/h7-15,20,27-28H,1-2,16-19,21-22H2,3-6H3. The Morgan fingerprint density at radius 3 is 2.37 bits per heavy atom. The second kappa shape index (κ2) is 11.1. The Kier molecular flexibility index (Phi) is 8.00. The third-order valence-electron chi connectivity index (χ3n) is 7.50. The maximum absolute atomic E-state index is 13.8. The van der Waals surface area contributed by atoms with Crippen molar-refractivity contribution in [2.75, 3.05) is 13.1 Å². The Hall–Kier alpha value is -3.54. The molecule has 6 heteroatoms. The second-order valence-corrected chi connectivity index (χ2v) is 11.4. The molecule has 2 unspecified atom stereocenters. The van der Waals surface area contributed by atoms with E-state index in [1.807, 2.05) is 98.2 Å². The first kappa shape index (κ1) is 27.5. The first-order valence-electron chi connectivity index (χ1n) is 13.4. The van der Waals surface area contributed by atoms with Crippen molar-refractivity contribution in [3.05, 3.63) is 90.5 Å². The number of carbonyl (C=O) groups is 2. The Labute approximate surface area is 226 Å². The van der Waals surface area contributed by atoms with Crippen LogP contribution in [0.25, 0.3) is 0 Å². The highest BCUT2D eigenvalue weighted by molar-refractivity contribution is 5.86. The van der Waals surface area contributed by atoms with Crippen molar-refractivity contribution in [2.45, 2.75) is 71.2 Å². The van der Waals surface area contributed by atoms with Crippen molar-refractivity contribution in [3.63, 3.8) is 0 Å². The summed E-state index contributed by atoms with van der Waals surface area (Å²) in [5, 5.41) is 0. The van der Waals surface area contributed by atoms with Gasteiger partial charge < -0.3 is 14.4 Å². The number of hydrogen-bond donors (Lipinski definition) is 0. The molecule has 0 bridgehead atoms. The summed E-state index contributed by atoms with van der Waals surface area (Å²) in [5.74, 6) is 0.887. The third-order valence-corrected chi connectivity index (χ3v) is 7.50. The number of nitrogens with zero attached hydrogens (tertiary/aromatic N) is 2. The lowest BCUT2D eigenvalue weighted by molar-refractivity contribution is -0.139. The molecular formula is C32H40N2O4. The normalized spacial score (nSPS) is 20.6. The van der Waals surface area contributed by atoms with Crippen LogP contribution in [0, 0.1) is 12.3 Å². The summed E-state index contributed by atoms with van der Waals surface area (Å²) >= 11 is 0. The number of aryl methyl sites for hydroxylation is 1. The van der Waals surface area contributed by atoms with Gasteiger partial charge in [0.25, 0.3) is 0 Å². The lowest BCUT2D eigenvalue weighted by Crippen LogP contribution is -2.56. The van der Waals surface area contributed by atoms with Crippen LogP contribution in [0.3, 0.4) is 0 Å². The number of ether oxygens (including phenoxy) is 2. The molecule has 2 aliphatic rings. The summed E-state index contributed by atoms with van der Waals surface area (Å²) in [6.07, 6.45) is 5.07. The van der Waals surface area contributed by atoms with E-state index in [1.165, 1.54) is 0 Å². The summed E-state index contributed by atoms with van der Waals surface area (Å²) in [4.78, 5) is 31.0. The summed E-state index contributed by atoms with van der Waals surface area (Å²) in [6, 6.07) is 15.5. The smallest absolute Gasteiger partial charge is 0.410 e. The minimum absolute atomic E-state index is 0.122. The van der Waals surface area contributed by atoms with Crippen LogP contribution in [0.4, 0.5) is 4.79 Å². The number of hydrogen-bond acceptors (Lipinski definition) is 4. The summed E-state index contributed by atoms with van der Waals surface area (Å²) < 4.78 is 11.9. The number of carbonyl (C=O) groups excluding carboxylic acids is 2. The molecule has 2 heterocycles. The Morgan fingerprint density at radius 1 is 1.08 bits per heavy atom. The van der Waals surface area contributed by atoms with Crippen LogP contribution in [-0.4, -0.2) is 46.5 Å². The first-order chi connectivity index (χ1) is 18.1. The van der Waals surface area contributed by atoms with Crippen LogP contribution >= 0.6 is 0 Å². The number of fused-ring (bicyclic) bond motifs is 1. The van der Waals surface area contributed by atoms with Crippen molar-refractivity contribution < 1.29 is 19.1 Å². The molecule has 38 heavy (non-hydrogen) atoms. The molecule has 2 fully saturated rings. The van der Waals surface area contributed by atoms with E-state index in [0.717, 1.165) is 22.4 Å². The summed E-state index contributed by atoms with van der Waals surface area (Å²) in [5.41, 5.74) is 1.90. The van der Waals surface area contributed by atoms with Crippen LogP contribution < -0.4 is 4.74 Å². The largest absolute Gasteiger partial charge is 0.489 e. The van der Waals surface area contributed by atoms with Gasteiger partial charge in [-0.2, -0.15) is 0 Å². The Bertz CT molecular complexity index is 1170. The van der Waals surface area contributed by atoms with Crippen LogP contribution in [0.1, 0.15) is 62.8 Å². The minimum Gasteiger partial charge on any atom is -0.489 e. The molecule has 0 aromatic heterocycles. The molecule has 2 saturated heterocycles. The summed E-state index contributed by atoms with van der Waals surface area (Å²) in [6.45, 7) is 16.9. The fourth-order valence-corrected chi connectivity index (χ4v) is 5.85. The monoisotopic (exact) mass is 516 g/mol. The maximum Gasteiger partial charge on any atom is 0.410 e. The predicted octanol–water partition coefficient (Wildman–Crippen LogP) is 6.61. The molecule has 0 N–H and O–H groups in total. The highest BCUT2D eigenvalue weighted by atomic mass is 16.6. The molecule has 2 aliphatic heterocycles. The highest BCUT2D eigenvalue weighted by Gasteiger charge is 2.56. The van der Waals surface area contributed by atoms with Crippen LogP contribution in [-0.2, 0) is 16.1 Å². The van der Waals surface area contributed by atoms with Gasteiger partial charge in [-0.15, -0.1) is 13.2 Å². The Balaban J connectivity index is 1.68. The van der Waals surface area contributed by atoms with Gasteiger partial charge in [-0.25, -0.2) is 4.79 Å². The molecule has 6 nitrogen and oxygen atoms in total. The van der Waals surface area contributed by atoms with Crippen molar-refractivity contribution >= 4 is 12.0 Å². The van der Waals surface area contributed by atoms with Gasteiger partial charge in [0, 0.05) is 13.1 Å². The molecule has 0 radical (unpaired) electrons. The average molecular weight is 517 g/mol. The topological polar surface area (TPSA) is 59.1 Å². The van der Waals surface area contributed by atoms with Gasteiger partial charge in [-0.05, 0) is 75.8 Å². The molecule has 4 rings (SSSR count). The number of piperazine rings is 1. The van der Waals surface area contributed by atoms with E-state index in [0.29, 0.717) is 39.0 Å². The zero-order valence-electron chi connectivity index (χ0n) is 23.1.